The average Bonchev–Trinajstić information content (AvgIpc) is 2.59. The van der Waals surface area contributed by atoms with E-state index in [1.165, 1.54) is 24.3 Å². The molecule has 2 aromatic rings. The average molecular weight is 382 g/mol. The first kappa shape index (κ1) is 19.3. The van der Waals surface area contributed by atoms with E-state index in [-0.39, 0.29) is 17.8 Å². The summed E-state index contributed by atoms with van der Waals surface area (Å²) in [6.07, 6.45) is 0.358. The summed E-state index contributed by atoms with van der Waals surface area (Å²) in [5.41, 5.74) is -1.29. The third-order valence-corrected chi connectivity index (χ3v) is 5.34. The number of aromatic carboxylic acids is 1. The first-order chi connectivity index (χ1) is 12.2. The number of nitro benzene ring substituents is 1. The van der Waals surface area contributed by atoms with Gasteiger partial charge in [0.25, 0.3) is 10.0 Å². The molecule has 26 heavy (non-hydrogen) atoms. The molecule has 0 aliphatic carbocycles. The molecule has 0 unspecified atom stereocenters. The molecule has 0 bridgehead atoms. The van der Waals surface area contributed by atoms with Gasteiger partial charge >= 0.3 is 11.7 Å². The Bertz CT molecular complexity index is 961. The summed E-state index contributed by atoms with van der Waals surface area (Å²) < 4.78 is 40.3. The largest absolute Gasteiger partial charge is 0.478 e. The van der Waals surface area contributed by atoms with Crippen LogP contribution in [-0.4, -0.2) is 31.0 Å². The van der Waals surface area contributed by atoms with E-state index >= 15 is 0 Å². The molecule has 2 rings (SSSR count). The number of hydrogen-bond acceptors (Lipinski definition) is 5. The summed E-state index contributed by atoms with van der Waals surface area (Å²) in [7, 11) is -4.35. The van der Waals surface area contributed by atoms with Gasteiger partial charge in [-0.2, -0.15) is 4.39 Å². The molecule has 0 aliphatic heterocycles. The minimum atomic E-state index is -4.35. The molecule has 0 atom stereocenters. The van der Waals surface area contributed by atoms with E-state index in [9.17, 15) is 32.8 Å². The van der Waals surface area contributed by atoms with Crippen molar-refractivity contribution in [1.82, 2.24) is 0 Å². The standard InChI is InChI=1S/C16H15FN2O6S/c1-2-9-18(14-6-4-3-5-12(14)16(20)21)26(24,25)11-7-8-13(17)15(10-11)19(22)23/h3-8,10H,2,9H2,1H3,(H,20,21). The third kappa shape index (κ3) is 3.64. The summed E-state index contributed by atoms with van der Waals surface area (Å²) in [5, 5.41) is 20.2. The topological polar surface area (TPSA) is 118 Å². The van der Waals surface area contributed by atoms with Crippen LogP contribution >= 0.6 is 0 Å². The van der Waals surface area contributed by atoms with Crippen molar-refractivity contribution >= 4 is 27.4 Å². The predicted molar refractivity (Wildman–Crippen MR) is 91.3 cm³/mol. The molecule has 138 valence electrons. The van der Waals surface area contributed by atoms with Crippen molar-refractivity contribution in [3.63, 3.8) is 0 Å². The molecular weight excluding hydrogens is 367 g/mol. The molecule has 1 N–H and O–H groups in total. The maximum atomic E-state index is 13.5. The van der Waals surface area contributed by atoms with Crippen molar-refractivity contribution in [3.05, 3.63) is 64.0 Å². The highest BCUT2D eigenvalue weighted by molar-refractivity contribution is 7.92. The van der Waals surface area contributed by atoms with Gasteiger partial charge in [0.2, 0.25) is 5.82 Å². The van der Waals surface area contributed by atoms with Crippen LogP contribution in [-0.2, 0) is 10.0 Å². The Kier molecular flexibility index (Phi) is 5.56. The summed E-state index contributed by atoms with van der Waals surface area (Å²) in [6.45, 7) is 1.64. The van der Waals surface area contributed by atoms with E-state index in [1.807, 2.05) is 0 Å². The normalized spacial score (nSPS) is 11.2. The summed E-state index contributed by atoms with van der Waals surface area (Å²) >= 11 is 0. The van der Waals surface area contributed by atoms with E-state index < -0.39 is 37.3 Å². The number of nitro groups is 1. The highest BCUT2D eigenvalue weighted by Gasteiger charge is 2.30. The number of nitrogens with zero attached hydrogens (tertiary/aromatic N) is 2. The summed E-state index contributed by atoms with van der Waals surface area (Å²) in [6, 6.07) is 7.73. The fraction of sp³-hybridized carbons (Fsp3) is 0.188. The number of carboxylic acid groups (broad SMARTS) is 1. The lowest BCUT2D eigenvalue weighted by Gasteiger charge is -2.25. The lowest BCUT2D eigenvalue weighted by Crippen LogP contribution is -2.33. The first-order valence-electron chi connectivity index (χ1n) is 7.49. The zero-order valence-corrected chi connectivity index (χ0v) is 14.4. The second-order valence-electron chi connectivity index (χ2n) is 5.27. The Balaban J connectivity index is 2.66. The number of rotatable bonds is 7. The Labute approximate surface area is 148 Å². The molecule has 0 heterocycles. The molecular formula is C16H15FN2O6S. The molecule has 0 saturated heterocycles. The molecule has 0 aliphatic rings. The van der Waals surface area contributed by atoms with Gasteiger partial charge in [-0.3, -0.25) is 14.4 Å². The van der Waals surface area contributed by atoms with Gasteiger partial charge in [0.1, 0.15) is 0 Å². The van der Waals surface area contributed by atoms with E-state index in [4.69, 9.17) is 0 Å². The number of para-hydroxylation sites is 1. The van der Waals surface area contributed by atoms with Crippen molar-refractivity contribution in [1.29, 1.82) is 0 Å². The SMILES string of the molecule is CCCN(c1ccccc1C(=O)O)S(=O)(=O)c1ccc(F)c([N+](=O)[O-])c1. The van der Waals surface area contributed by atoms with Crippen LogP contribution in [0, 0.1) is 15.9 Å². The van der Waals surface area contributed by atoms with E-state index in [1.54, 1.807) is 6.92 Å². The zero-order chi connectivity index (χ0) is 19.5. The fourth-order valence-corrected chi connectivity index (χ4v) is 3.96. The zero-order valence-electron chi connectivity index (χ0n) is 13.6. The molecule has 0 aromatic heterocycles. The molecule has 10 heteroatoms. The van der Waals surface area contributed by atoms with Crippen LogP contribution in [0.3, 0.4) is 0 Å². The van der Waals surface area contributed by atoms with Crippen molar-refractivity contribution < 1.29 is 27.6 Å². The smallest absolute Gasteiger partial charge is 0.337 e. The summed E-state index contributed by atoms with van der Waals surface area (Å²) in [5.74, 6) is -2.48. The maximum Gasteiger partial charge on any atom is 0.337 e. The molecule has 8 nitrogen and oxygen atoms in total. The van der Waals surface area contributed by atoms with Gasteiger partial charge in [-0.05, 0) is 30.7 Å². The third-order valence-electron chi connectivity index (χ3n) is 3.53. The number of hydrogen-bond donors (Lipinski definition) is 1. The van der Waals surface area contributed by atoms with Crippen LogP contribution in [0.5, 0.6) is 0 Å². The van der Waals surface area contributed by atoms with Gasteiger partial charge in [-0.1, -0.05) is 19.1 Å². The molecule has 0 spiro atoms. The second kappa shape index (κ2) is 7.48. The quantitative estimate of drug-likeness (QED) is 0.581. The van der Waals surface area contributed by atoms with E-state index in [0.717, 1.165) is 10.4 Å². The van der Waals surface area contributed by atoms with Crippen molar-refractivity contribution in [2.45, 2.75) is 18.2 Å². The lowest BCUT2D eigenvalue weighted by molar-refractivity contribution is -0.387. The van der Waals surface area contributed by atoms with Gasteiger partial charge in [0, 0.05) is 12.6 Å². The van der Waals surface area contributed by atoms with E-state index in [0.29, 0.717) is 18.6 Å². The van der Waals surface area contributed by atoms with E-state index in [2.05, 4.69) is 0 Å². The number of halogens is 1. The lowest BCUT2D eigenvalue weighted by atomic mass is 10.2. The second-order valence-corrected chi connectivity index (χ2v) is 7.13. The Morgan fingerprint density at radius 1 is 1.27 bits per heavy atom. The van der Waals surface area contributed by atoms with Crippen LogP contribution in [0.25, 0.3) is 0 Å². The highest BCUT2D eigenvalue weighted by Crippen LogP contribution is 2.30. The maximum absolute atomic E-state index is 13.5. The van der Waals surface area contributed by atoms with Crippen molar-refractivity contribution in [2.75, 3.05) is 10.8 Å². The van der Waals surface area contributed by atoms with Gasteiger partial charge in [-0.25, -0.2) is 13.2 Å². The Morgan fingerprint density at radius 2 is 1.92 bits per heavy atom. The summed E-state index contributed by atoms with van der Waals surface area (Å²) in [4.78, 5) is 20.8. The number of anilines is 1. The monoisotopic (exact) mass is 382 g/mol. The van der Waals surface area contributed by atoms with Gasteiger partial charge in [0.15, 0.2) is 0 Å². The number of sulfonamides is 1. The Hall–Kier alpha value is -3.01. The van der Waals surface area contributed by atoms with Crippen molar-refractivity contribution in [3.8, 4) is 0 Å². The van der Waals surface area contributed by atoms with Gasteiger partial charge in [-0.15, -0.1) is 0 Å². The van der Waals surface area contributed by atoms with Gasteiger partial charge < -0.3 is 5.11 Å². The minimum Gasteiger partial charge on any atom is -0.478 e. The first-order valence-corrected chi connectivity index (χ1v) is 8.93. The molecule has 0 saturated carbocycles. The van der Waals surface area contributed by atoms with Crippen LogP contribution < -0.4 is 4.31 Å². The molecule has 0 amide bonds. The molecule has 0 radical (unpaired) electrons. The predicted octanol–water partition coefficient (Wildman–Crippen LogP) is 3.04. The minimum absolute atomic E-state index is 0.0577. The van der Waals surface area contributed by atoms with Crippen LogP contribution in [0.1, 0.15) is 23.7 Å². The fourth-order valence-electron chi connectivity index (χ4n) is 2.37. The number of carbonyl (C=O) groups is 1. The van der Waals surface area contributed by atoms with Crippen LogP contribution in [0.15, 0.2) is 47.4 Å². The Morgan fingerprint density at radius 3 is 2.50 bits per heavy atom. The van der Waals surface area contributed by atoms with Crippen LogP contribution in [0.4, 0.5) is 15.8 Å². The molecule has 2 aromatic carbocycles. The number of carboxylic acids is 1. The van der Waals surface area contributed by atoms with Crippen LogP contribution in [0.2, 0.25) is 0 Å². The highest BCUT2D eigenvalue weighted by atomic mass is 32.2. The molecule has 0 fully saturated rings. The van der Waals surface area contributed by atoms with Gasteiger partial charge in [0.05, 0.1) is 21.1 Å². The van der Waals surface area contributed by atoms with Crippen molar-refractivity contribution in [2.24, 2.45) is 0 Å². The number of benzene rings is 2.